The fourth-order valence-electron chi connectivity index (χ4n) is 3.38. The van der Waals surface area contributed by atoms with Gasteiger partial charge in [-0.05, 0) is 45.1 Å². The first-order valence-electron chi connectivity index (χ1n) is 9.44. The van der Waals surface area contributed by atoms with Crippen molar-refractivity contribution in [2.24, 2.45) is 0 Å². The molecule has 0 saturated carbocycles. The average molecular weight is 376 g/mol. The maximum absolute atomic E-state index is 12.7. The van der Waals surface area contributed by atoms with Gasteiger partial charge < -0.3 is 14.7 Å². The fraction of sp³-hybridized carbons (Fsp3) is 0.550. The number of carbonyl (C=O) groups is 3. The topological polar surface area (TPSA) is 95.9 Å². The third kappa shape index (κ3) is 5.79. The number of nitrogens with zero attached hydrogens (tertiary/aromatic N) is 1. The van der Waals surface area contributed by atoms with Crippen molar-refractivity contribution in [3.63, 3.8) is 0 Å². The number of aryl methyl sites for hydroxylation is 1. The van der Waals surface area contributed by atoms with Crippen molar-refractivity contribution in [2.45, 2.75) is 57.7 Å². The highest BCUT2D eigenvalue weighted by Crippen LogP contribution is 2.19. The van der Waals surface area contributed by atoms with E-state index in [1.165, 1.54) is 4.90 Å². The van der Waals surface area contributed by atoms with E-state index in [1.54, 1.807) is 13.8 Å². The van der Waals surface area contributed by atoms with Crippen LogP contribution < -0.4 is 5.32 Å². The molecule has 148 valence electrons. The second-order valence-corrected chi connectivity index (χ2v) is 6.75. The number of esters is 1. The number of aliphatic carboxylic acids is 1. The van der Waals surface area contributed by atoms with E-state index >= 15 is 0 Å². The van der Waals surface area contributed by atoms with Crippen molar-refractivity contribution in [2.75, 3.05) is 13.2 Å². The minimum absolute atomic E-state index is 0.262. The number of carboxylic acid groups (broad SMARTS) is 1. The molecule has 0 unspecified atom stereocenters. The highest BCUT2D eigenvalue weighted by molar-refractivity contribution is 5.88. The molecule has 0 bridgehead atoms. The van der Waals surface area contributed by atoms with Gasteiger partial charge in [-0.15, -0.1) is 0 Å². The number of amides is 1. The fourth-order valence-corrected chi connectivity index (χ4v) is 3.38. The van der Waals surface area contributed by atoms with Crippen LogP contribution in [-0.2, 0) is 25.5 Å². The highest BCUT2D eigenvalue weighted by Gasteiger charge is 2.36. The lowest BCUT2D eigenvalue weighted by Crippen LogP contribution is -2.53. The van der Waals surface area contributed by atoms with Crippen LogP contribution in [-0.4, -0.2) is 59.1 Å². The standard InChI is InChI=1S/C20H28N2O5/c1-3-27-20(26)16(12-11-15-8-5-4-6-9-15)21-14(2)18(23)22-13-7-10-17(22)19(24)25/h4-6,8-9,14,16-17,21H,3,7,10-13H2,1-2H3,(H,24,25)/t14-,16+,17-/m1/s1. The molecule has 1 fully saturated rings. The van der Waals surface area contributed by atoms with Crippen LogP contribution in [0.15, 0.2) is 30.3 Å². The van der Waals surface area contributed by atoms with Crippen LogP contribution in [0, 0.1) is 0 Å². The van der Waals surface area contributed by atoms with Gasteiger partial charge in [-0.1, -0.05) is 30.3 Å². The van der Waals surface area contributed by atoms with Gasteiger partial charge in [-0.3, -0.25) is 14.9 Å². The first-order valence-corrected chi connectivity index (χ1v) is 9.44. The van der Waals surface area contributed by atoms with E-state index in [4.69, 9.17) is 4.74 Å². The number of hydrogen-bond donors (Lipinski definition) is 2. The molecule has 1 aromatic carbocycles. The molecule has 0 spiro atoms. The first-order chi connectivity index (χ1) is 12.9. The monoisotopic (exact) mass is 376 g/mol. The summed E-state index contributed by atoms with van der Waals surface area (Å²) in [5, 5.41) is 12.3. The normalized spacial score (nSPS) is 18.7. The number of ether oxygens (including phenoxy) is 1. The Morgan fingerprint density at radius 3 is 2.63 bits per heavy atom. The number of likely N-dealkylation sites (tertiary alicyclic amines) is 1. The zero-order chi connectivity index (χ0) is 19.8. The van der Waals surface area contributed by atoms with Crippen LogP contribution >= 0.6 is 0 Å². The van der Waals surface area contributed by atoms with E-state index in [0.29, 0.717) is 32.2 Å². The number of hydrogen-bond acceptors (Lipinski definition) is 5. The smallest absolute Gasteiger partial charge is 0.326 e. The summed E-state index contributed by atoms with van der Waals surface area (Å²) in [6.07, 6.45) is 2.29. The van der Waals surface area contributed by atoms with Crippen molar-refractivity contribution in [3.05, 3.63) is 35.9 Å². The van der Waals surface area contributed by atoms with Gasteiger partial charge in [0.05, 0.1) is 12.6 Å². The number of rotatable bonds is 9. The summed E-state index contributed by atoms with van der Waals surface area (Å²) < 4.78 is 5.14. The average Bonchev–Trinajstić information content (AvgIpc) is 3.15. The van der Waals surface area contributed by atoms with E-state index in [-0.39, 0.29) is 12.5 Å². The summed E-state index contributed by atoms with van der Waals surface area (Å²) in [5.74, 6) is -1.68. The summed E-state index contributed by atoms with van der Waals surface area (Å²) in [7, 11) is 0. The molecule has 27 heavy (non-hydrogen) atoms. The first kappa shape index (κ1) is 20.9. The molecular weight excluding hydrogens is 348 g/mol. The molecule has 1 heterocycles. The number of benzene rings is 1. The van der Waals surface area contributed by atoms with Gasteiger partial charge in [-0.25, -0.2) is 4.79 Å². The van der Waals surface area contributed by atoms with Crippen LogP contribution in [0.1, 0.15) is 38.7 Å². The number of carboxylic acids is 1. The summed E-state index contributed by atoms with van der Waals surface area (Å²) in [6, 6.07) is 7.69. The van der Waals surface area contributed by atoms with Gasteiger partial charge >= 0.3 is 11.9 Å². The van der Waals surface area contributed by atoms with Crippen molar-refractivity contribution in [1.82, 2.24) is 10.2 Å². The minimum Gasteiger partial charge on any atom is -0.480 e. The molecule has 1 aliphatic heterocycles. The maximum Gasteiger partial charge on any atom is 0.326 e. The molecule has 3 atom stereocenters. The van der Waals surface area contributed by atoms with Crippen molar-refractivity contribution in [1.29, 1.82) is 0 Å². The molecule has 7 nitrogen and oxygen atoms in total. The molecule has 1 aromatic rings. The van der Waals surface area contributed by atoms with Gasteiger partial charge in [-0.2, -0.15) is 0 Å². The number of nitrogens with one attached hydrogen (secondary N) is 1. The molecule has 2 N–H and O–H groups in total. The predicted octanol–water partition coefficient (Wildman–Crippen LogP) is 1.60. The summed E-state index contributed by atoms with van der Waals surface area (Å²) >= 11 is 0. The quantitative estimate of drug-likeness (QED) is 0.636. The van der Waals surface area contributed by atoms with Gasteiger partial charge in [0.15, 0.2) is 0 Å². The number of carbonyl (C=O) groups excluding carboxylic acids is 2. The van der Waals surface area contributed by atoms with Crippen LogP contribution in [0.4, 0.5) is 0 Å². The molecule has 1 aliphatic rings. The Morgan fingerprint density at radius 1 is 1.30 bits per heavy atom. The zero-order valence-corrected chi connectivity index (χ0v) is 15.9. The zero-order valence-electron chi connectivity index (χ0n) is 15.9. The van der Waals surface area contributed by atoms with Gasteiger partial charge in [0.2, 0.25) is 5.91 Å². The van der Waals surface area contributed by atoms with E-state index in [1.807, 2.05) is 30.3 Å². The molecular formula is C20H28N2O5. The molecule has 2 rings (SSSR count). The van der Waals surface area contributed by atoms with Crippen LogP contribution in [0.2, 0.25) is 0 Å². The Hall–Kier alpha value is -2.41. The molecule has 0 aromatic heterocycles. The van der Waals surface area contributed by atoms with Gasteiger partial charge in [0.25, 0.3) is 0 Å². The third-order valence-corrected chi connectivity index (χ3v) is 4.78. The minimum atomic E-state index is -0.987. The van der Waals surface area contributed by atoms with E-state index in [2.05, 4.69) is 5.32 Å². The summed E-state index contributed by atoms with van der Waals surface area (Å²) in [5.41, 5.74) is 1.10. The van der Waals surface area contributed by atoms with E-state index < -0.39 is 30.1 Å². The second kappa shape index (κ2) is 10.1. The summed E-state index contributed by atoms with van der Waals surface area (Å²) in [4.78, 5) is 37.7. The van der Waals surface area contributed by atoms with Crippen LogP contribution in [0.3, 0.4) is 0 Å². The lowest BCUT2D eigenvalue weighted by Gasteiger charge is -2.27. The molecule has 0 aliphatic carbocycles. The van der Waals surface area contributed by atoms with E-state index in [0.717, 1.165) is 5.56 Å². The Kier molecular flexibility index (Phi) is 7.79. The highest BCUT2D eigenvalue weighted by atomic mass is 16.5. The van der Waals surface area contributed by atoms with Crippen molar-refractivity contribution < 1.29 is 24.2 Å². The SMILES string of the molecule is CCOC(=O)[C@H](CCc1ccccc1)N[C@H](C)C(=O)N1CCC[C@@H]1C(=O)O. The largest absolute Gasteiger partial charge is 0.480 e. The van der Waals surface area contributed by atoms with Crippen LogP contribution in [0.25, 0.3) is 0 Å². The Balaban J connectivity index is 2.01. The molecule has 7 heteroatoms. The van der Waals surface area contributed by atoms with Crippen molar-refractivity contribution in [3.8, 4) is 0 Å². The predicted molar refractivity (Wildman–Crippen MR) is 100 cm³/mol. The Morgan fingerprint density at radius 2 is 2.00 bits per heavy atom. The van der Waals surface area contributed by atoms with Crippen molar-refractivity contribution >= 4 is 17.8 Å². The Labute approximate surface area is 159 Å². The van der Waals surface area contributed by atoms with Crippen LogP contribution in [0.5, 0.6) is 0 Å². The summed E-state index contributed by atoms with van der Waals surface area (Å²) in [6.45, 7) is 4.09. The Bertz CT molecular complexity index is 649. The van der Waals surface area contributed by atoms with Gasteiger partial charge in [0.1, 0.15) is 12.1 Å². The lowest BCUT2D eigenvalue weighted by molar-refractivity contribution is -0.150. The maximum atomic E-state index is 12.7. The molecule has 1 saturated heterocycles. The third-order valence-electron chi connectivity index (χ3n) is 4.78. The molecule has 1 amide bonds. The van der Waals surface area contributed by atoms with Gasteiger partial charge in [0, 0.05) is 6.54 Å². The molecule has 0 radical (unpaired) electrons. The second-order valence-electron chi connectivity index (χ2n) is 6.75. The lowest BCUT2D eigenvalue weighted by atomic mass is 10.0. The van der Waals surface area contributed by atoms with E-state index in [9.17, 15) is 19.5 Å².